The number of fused-ring (bicyclic) bond motifs is 1. The lowest BCUT2D eigenvalue weighted by Gasteiger charge is -2.46. The molecule has 128 valence electrons. The number of aryl methyl sites for hydroxylation is 1. The topological polar surface area (TPSA) is 24.1 Å². The normalized spacial score (nSPS) is 25.7. The van der Waals surface area contributed by atoms with Gasteiger partial charge in [-0.3, -0.25) is 0 Å². The van der Waals surface area contributed by atoms with Gasteiger partial charge < -0.3 is 10.6 Å². The number of anilines is 3. The van der Waals surface area contributed by atoms with Crippen LogP contribution in [0.25, 0.3) is 0 Å². The summed E-state index contributed by atoms with van der Waals surface area (Å²) >= 11 is 0. The van der Waals surface area contributed by atoms with Crippen LogP contribution in [-0.2, 0) is 6.42 Å². The zero-order chi connectivity index (χ0) is 17.3. The van der Waals surface area contributed by atoms with Crippen LogP contribution in [0.3, 0.4) is 0 Å². The van der Waals surface area contributed by atoms with Gasteiger partial charge >= 0.3 is 0 Å². The highest BCUT2D eigenvalue weighted by atomic mass is 15.0. The lowest BCUT2D eigenvalue weighted by atomic mass is 9.70. The van der Waals surface area contributed by atoms with Gasteiger partial charge in [-0.1, -0.05) is 45.9 Å². The van der Waals surface area contributed by atoms with E-state index in [1.54, 1.807) is 0 Å². The Bertz CT molecular complexity index is 707. The Morgan fingerprint density at radius 2 is 1.75 bits per heavy atom. The van der Waals surface area contributed by atoms with Crippen molar-refractivity contribution in [2.75, 3.05) is 10.6 Å². The van der Waals surface area contributed by atoms with E-state index >= 15 is 0 Å². The lowest BCUT2D eigenvalue weighted by molar-refractivity contribution is 0.284. The van der Waals surface area contributed by atoms with E-state index in [1.807, 2.05) is 0 Å². The van der Waals surface area contributed by atoms with Gasteiger partial charge in [-0.05, 0) is 67.0 Å². The largest absolute Gasteiger partial charge is 0.379 e. The number of benzene rings is 2. The van der Waals surface area contributed by atoms with Gasteiger partial charge in [-0.2, -0.15) is 0 Å². The van der Waals surface area contributed by atoms with E-state index in [0.29, 0.717) is 11.8 Å². The van der Waals surface area contributed by atoms with Crippen molar-refractivity contribution in [3.8, 4) is 0 Å². The van der Waals surface area contributed by atoms with E-state index < -0.39 is 0 Å². The first-order valence-electron chi connectivity index (χ1n) is 9.25. The Morgan fingerprint density at radius 1 is 1.04 bits per heavy atom. The van der Waals surface area contributed by atoms with Gasteiger partial charge in [-0.25, -0.2) is 0 Å². The van der Waals surface area contributed by atoms with Crippen LogP contribution in [0.4, 0.5) is 17.1 Å². The molecule has 2 N–H and O–H groups in total. The van der Waals surface area contributed by atoms with Crippen LogP contribution >= 0.6 is 0 Å². The summed E-state index contributed by atoms with van der Waals surface area (Å²) in [5.74, 6) is 1.15. The number of hydrogen-bond acceptors (Lipinski definition) is 2. The Balaban J connectivity index is 2.03. The molecule has 1 aliphatic heterocycles. The molecule has 0 amide bonds. The van der Waals surface area contributed by atoms with E-state index in [-0.39, 0.29) is 5.54 Å². The van der Waals surface area contributed by atoms with Crippen molar-refractivity contribution >= 4 is 17.1 Å². The second-order valence-electron chi connectivity index (χ2n) is 7.42. The molecule has 1 heterocycles. The average molecular weight is 322 g/mol. The number of rotatable bonds is 4. The van der Waals surface area contributed by atoms with Crippen molar-refractivity contribution in [3.63, 3.8) is 0 Å². The summed E-state index contributed by atoms with van der Waals surface area (Å²) in [6.07, 6.45) is 2.19. The molecule has 2 aromatic carbocycles. The van der Waals surface area contributed by atoms with Crippen molar-refractivity contribution in [2.24, 2.45) is 5.92 Å². The van der Waals surface area contributed by atoms with Crippen molar-refractivity contribution in [2.45, 2.75) is 58.9 Å². The van der Waals surface area contributed by atoms with Crippen LogP contribution in [0.2, 0.25) is 0 Å². The smallest absolute Gasteiger partial charge is 0.0413 e. The molecule has 2 nitrogen and oxygen atoms in total. The van der Waals surface area contributed by atoms with E-state index in [1.165, 1.54) is 22.5 Å². The van der Waals surface area contributed by atoms with Crippen LogP contribution in [0, 0.1) is 5.92 Å². The predicted octanol–water partition coefficient (Wildman–Crippen LogP) is 6.33. The summed E-state index contributed by atoms with van der Waals surface area (Å²) in [6, 6.07) is 15.1. The van der Waals surface area contributed by atoms with Gasteiger partial charge in [0.15, 0.2) is 0 Å². The molecule has 0 spiro atoms. The minimum absolute atomic E-state index is 0.171. The molecule has 24 heavy (non-hydrogen) atoms. The Labute approximate surface area is 146 Å². The van der Waals surface area contributed by atoms with Gasteiger partial charge in [0, 0.05) is 22.6 Å². The van der Waals surface area contributed by atoms with Gasteiger partial charge in [0.2, 0.25) is 0 Å². The zero-order valence-electron chi connectivity index (χ0n) is 15.6. The van der Waals surface area contributed by atoms with E-state index in [4.69, 9.17) is 0 Å². The number of hydrogen-bond donors (Lipinski definition) is 2. The fourth-order valence-electron chi connectivity index (χ4n) is 3.91. The van der Waals surface area contributed by atoms with E-state index in [9.17, 15) is 0 Å². The molecule has 3 rings (SSSR count). The minimum atomic E-state index is 0.171. The highest BCUT2D eigenvalue weighted by molar-refractivity contribution is 5.71. The molecule has 3 unspecified atom stereocenters. The molecule has 0 aliphatic carbocycles. The third-order valence-electron chi connectivity index (χ3n) is 6.08. The Hall–Kier alpha value is -1.96. The summed E-state index contributed by atoms with van der Waals surface area (Å²) in [6.45, 7) is 11.7. The lowest BCUT2D eigenvalue weighted by Crippen LogP contribution is -2.46. The highest BCUT2D eigenvalue weighted by Crippen LogP contribution is 2.47. The van der Waals surface area contributed by atoms with Gasteiger partial charge in [0.1, 0.15) is 0 Å². The molecular formula is C22H30N2. The summed E-state index contributed by atoms with van der Waals surface area (Å²) < 4.78 is 0. The molecule has 0 saturated carbocycles. The summed E-state index contributed by atoms with van der Waals surface area (Å²) in [7, 11) is 0. The van der Waals surface area contributed by atoms with Gasteiger partial charge in [-0.15, -0.1) is 0 Å². The van der Waals surface area contributed by atoms with Gasteiger partial charge in [0.25, 0.3) is 0 Å². The molecule has 0 aromatic heterocycles. The fraction of sp³-hybridized carbons (Fsp3) is 0.455. The van der Waals surface area contributed by atoms with Crippen LogP contribution < -0.4 is 10.6 Å². The highest BCUT2D eigenvalue weighted by Gasteiger charge is 2.39. The second-order valence-corrected chi connectivity index (χ2v) is 7.42. The first-order chi connectivity index (χ1) is 11.5. The van der Waals surface area contributed by atoms with Gasteiger partial charge in [0.05, 0.1) is 0 Å². The molecule has 3 atom stereocenters. The standard InChI is InChI=1S/C22H30N2/c1-6-17-13-19(23-18-11-9-8-10-12-18)14-20-15(3)16(4)22(5,7-2)24-21(17)20/h8-16,23-24H,6-7H2,1-5H3. The molecule has 2 heteroatoms. The third-order valence-corrected chi connectivity index (χ3v) is 6.08. The van der Waals surface area contributed by atoms with Crippen LogP contribution in [0.5, 0.6) is 0 Å². The maximum absolute atomic E-state index is 3.89. The van der Waals surface area contributed by atoms with Crippen molar-refractivity contribution in [1.82, 2.24) is 0 Å². The summed E-state index contributed by atoms with van der Waals surface area (Å²) in [5, 5.41) is 7.46. The third kappa shape index (κ3) is 2.90. The maximum Gasteiger partial charge on any atom is 0.0413 e. The summed E-state index contributed by atoms with van der Waals surface area (Å²) in [4.78, 5) is 0. The van der Waals surface area contributed by atoms with Crippen LogP contribution in [0.1, 0.15) is 58.1 Å². The molecule has 1 aliphatic rings. The Kier molecular flexibility index (Phi) is 4.58. The van der Waals surface area contributed by atoms with E-state index in [0.717, 1.165) is 18.5 Å². The summed E-state index contributed by atoms with van der Waals surface area (Å²) in [5.41, 5.74) is 6.73. The molecule has 0 fully saturated rings. The fourth-order valence-corrected chi connectivity index (χ4v) is 3.91. The average Bonchev–Trinajstić information content (AvgIpc) is 2.61. The first-order valence-corrected chi connectivity index (χ1v) is 9.25. The SMILES string of the molecule is CCc1cc(Nc2ccccc2)cc2c1NC(C)(CC)C(C)C2C. The maximum atomic E-state index is 3.89. The molecule has 2 aromatic rings. The molecule has 0 saturated heterocycles. The monoisotopic (exact) mass is 322 g/mol. The Morgan fingerprint density at radius 3 is 2.38 bits per heavy atom. The van der Waals surface area contributed by atoms with Crippen molar-refractivity contribution < 1.29 is 0 Å². The van der Waals surface area contributed by atoms with E-state index in [2.05, 4.69) is 87.7 Å². The zero-order valence-corrected chi connectivity index (χ0v) is 15.6. The minimum Gasteiger partial charge on any atom is -0.379 e. The quantitative estimate of drug-likeness (QED) is 0.687. The van der Waals surface area contributed by atoms with Crippen LogP contribution in [-0.4, -0.2) is 5.54 Å². The second kappa shape index (κ2) is 6.51. The van der Waals surface area contributed by atoms with Crippen molar-refractivity contribution in [1.29, 1.82) is 0 Å². The molecular weight excluding hydrogens is 292 g/mol. The number of para-hydroxylation sites is 1. The number of nitrogens with one attached hydrogen (secondary N) is 2. The predicted molar refractivity (Wildman–Crippen MR) is 105 cm³/mol. The van der Waals surface area contributed by atoms with Crippen molar-refractivity contribution in [3.05, 3.63) is 53.6 Å². The first kappa shape index (κ1) is 16.9. The molecule has 0 bridgehead atoms. The molecule has 0 radical (unpaired) electrons. The van der Waals surface area contributed by atoms with Crippen LogP contribution in [0.15, 0.2) is 42.5 Å².